The molecule has 0 atom stereocenters. The van der Waals surface area contributed by atoms with Crippen LogP contribution in [0, 0.1) is 0 Å². The van der Waals surface area contributed by atoms with Gasteiger partial charge in [0, 0.05) is 0 Å². The molecule has 0 radical (unpaired) electrons. The summed E-state index contributed by atoms with van der Waals surface area (Å²) in [5.41, 5.74) is 0.391. The zero-order valence-corrected chi connectivity index (χ0v) is 4.09. The Morgan fingerprint density at radius 3 is 2.50 bits per heavy atom. The molecule has 40 valence electrons. The third-order valence-corrected chi connectivity index (χ3v) is 0.855. The van der Waals surface area contributed by atoms with Crippen LogP contribution in [0.3, 0.4) is 0 Å². The molecule has 0 saturated heterocycles. The highest BCUT2D eigenvalue weighted by atomic mass is 16.3. The molecule has 0 unspecified atom stereocenters. The first-order chi connectivity index (χ1) is 3.83. The molecule has 0 aromatic heterocycles. The lowest BCUT2D eigenvalue weighted by molar-refractivity contribution is 0.434. The standard InChI is InChI=1S/C6H4O2/c7-4-5-1-2-6(8)3-5/h1-3,8H. The molecule has 0 bridgehead atoms. The van der Waals surface area contributed by atoms with Gasteiger partial charge in [-0.3, -0.25) is 0 Å². The van der Waals surface area contributed by atoms with Crippen LogP contribution in [0.2, 0.25) is 0 Å². The van der Waals surface area contributed by atoms with E-state index >= 15 is 0 Å². The van der Waals surface area contributed by atoms with Crippen molar-refractivity contribution in [3.8, 4) is 0 Å². The highest BCUT2D eigenvalue weighted by Crippen LogP contribution is 2.08. The molecule has 0 spiro atoms. The van der Waals surface area contributed by atoms with Gasteiger partial charge in [0.15, 0.2) is 0 Å². The normalized spacial score (nSPS) is 16.0. The fourth-order valence-electron chi connectivity index (χ4n) is 0.494. The Balaban J connectivity index is 3.01. The largest absolute Gasteiger partial charge is 0.508 e. The van der Waals surface area contributed by atoms with E-state index in [9.17, 15) is 4.79 Å². The zero-order valence-electron chi connectivity index (χ0n) is 4.09. The Morgan fingerprint density at radius 1 is 1.50 bits per heavy atom. The van der Waals surface area contributed by atoms with Crippen molar-refractivity contribution < 1.29 is 9.90 Å². The zero-order chi connectivity index (χ0) is 5.98. The topological polar surface area (TPSA) is 37.3 Å². The molecular weight excluding hydrogens is 104 g/mol. The van der Waals surface area contributed by atoms with Crippen LogP contribution in [0.1, 0.15) is 0 Å². The molecule has 2 heteroatoms. The fourth-order valence-corrected chi connectivity index (χ4v) is 0.494. The monoisotopic (exact) mass is 108 g/mol. The summed E-state index contributed by atoms with van der Waals surface area (Å²) in [5, 5.41) is 8.61. The van der Waals surface area contributed by atoms with Gasteiger partial charge in [0.25, 0.3) is 0 Å². The highest BCUT2D eigenvalue weighted by molar-refractivity contribution is 5.65. The van der Waals surface area contributed by atoms with Gasteiger partial charge < -0.3 is 5.11 Å². The van der Waals surface area contributed by atoms with E-state index in [1.54, 1.807) is 5.94 Å². The molecule has 0 amide bonds. The predicted octanol–water partition coefficient (Wildman–Crippen LogP) is 0.756. The minimum absolute atomic E-state index is 0.114. The second-order valence-corrected chi connectivity index (χ2v) is 1.46. The van der Waals surface area contributed by atoms with Crippen molar-refractivity contribution in [2.45, 2.75) is 0 Å². The smallest absolute Gasteiger partial charge is 0.132 e. The molecule has 0 fully saturated rings. The van der Waals surface area contributed by atoms with Gasteiger partial charge in [-0.2, -0.15) is 0 Å². The lowest BCUT2D eigenvalue weighted by Gasteiger charge is -1.74. The summed E-state index contributed by atoms with van der Waals surface area (Å²) in [7, 11) is 0. The number of aliphatic hydroxyl groups is 1. The Labute approximate surface area is 46.4 Å². The molecule has 1 rings (SSSR count). The molecule has 0 heterocycles. The predicted molar refractivity (Wildman–Crippen MR) is 29.1 cm³/mol. The quantitative estimate of drug-likeness (QED) is 0.465. The van der Waals surface area contributed by atoms with E-state index in [-0.39, 0.29) is 5.76 Å². The third-order valence-electron chi connectivity index (χ3n) is 0.855. The van der Waals surface area contributed by atoms with Crippen molar-refractivity contribution in [2.24, 2.45) is 0 Å². The maximum atomic E-state index is 9.78. The molecule has 8 heavy (non-hydrogen) atoms. The van der Waals surface area contributed by atoms with Gasteiger partial charge in [-0.15, -0.1) is 0 Å². The van der Waals surface area contributed by atoms with Crippen LogP contribution in [0.4, 0.5) is 0 Å². The van der Waals surface area contributed by atoms with E-state index in [1.165, 1.54) is 18.2 Å². The lowest BCUT2D eigenvalue weighted by atomic mass is 10.3. The summed E-state index contributed by atoms with van der Waals surface area (Å²) < 4.78 is 0. The fraction of sp³-hybridized carbons (Fsp3) is 0. The summed E-state index contributed by atoms with van der Waals surface area (Å²) >= 11 is 0. The summed E-state index contributed by atoms with van der Waals surface area (Å²) in [6.45, 7) is 0. The van der Waals surface area contributed by atoms with E-state index in [0.717, 1.165) is 0 Å². The number of hydrogen-bond donors (Lipinski definition) is 1. The number of hydrogen-bond acceptors (Lipinski definition) is 2. The number of allylic oxidation sites excluding steroid dienone is 4. The van der Waals surface area contributed by atoms with Crippen LogP contribution < -0.4 is 0 Å². The first-order valence-electron chi connectivity index (χ1n) is 2.17. The summed E-state index contributed by atoms with van der Waals surface area (Å²) in [4.78, 5) is 9.78. The van der Waals surface area contributed by atoms with E-state index < -0.39 is 0 Å². The van der Waals surface area contributed by atoms with Crippen molar-refractivity contribution >= 4 is 5.94 Å². The average molecular weight is 108 g/mol. The maximum absolute atomic E-state index is 9.78. The van der Waals surface area contributed by atoms with Gasteiger partial charge in [0.05, 0.1) is 5.57 Å². The molecule has 1 aliphatic carbocycles. The van der Waals surface area contributed by atoms with E-state index in [1.807, 2.05) is 0 Å². The SMILES string of the molecule is O=C=C1C=CC(O)=C1. The molecule has 0 saturated carbocycles. The molecule has 2 nitrogen and oxygen atoms in total. The molecule has 1 aliphatic rings. The third kappa shape index (κ3) is 0.695. The first kappa shape index (κ1) is 4.88. The summed E-state index contributed by atoms with van der Waals surface area (Å²) in [6.07, 6.45) is 4.30. The Kier molecular flexibility index (Phi) is 1.03. The van der Waals surface area contributed by atoms with E-state index in [4.69, 9.17) is 5.11 Å². The van der Waals surface area contributed by atoms with Gasteiger partial charge in [-0.1, -0.05) is 0 Å². The molecule has 0 aliphatic heterocycles. The lowest BCUT2D eigenvalue weighted by Crippen LogP contribution is -1.65. The summed E-state index contributed by atoms with van der Waals surface area (Å²) in [5.74, 6) is 1.75. The van der Waals surface area contributed by atoms with Crippen molar-refractivity contribution in [1.29, 1.82) is 0 Å². The van der Waals surface area contributed by atoms with Gasteiger partial charge in [-0.25, -0.2) is 4.79 Å². The highest BCUT2D eigenvalue weighted by Gasteiger charge is 1.97. The van der Waals surface area contributed by atoms with Crippen LogP contribution >= 0.6 is 0 Å². The van der Waals surface area contributed by atoms with Crippen molar-refractivity contribution in [3.05, 3.63) is 29.6 Å². The summed E-state index contributed by atoms with van der Waals surface area (Å²) in [6, 6.07) is 0. The Morgan fingerprint density at radius 2 is 2.25 bits per heavy atom. The van der Waals surface area contributed by atoms with Gasteiger partial charge in [-0.05, 0) is 18.2 Å². The van der Waals surface area contributed by atoms with Crippen molar-refractivity contribution in [1.82, 2.24) is 0 Å². The van der Waals surface area contributed by atoms with Gasteiger partial charge in [0.2, 0.25) is 0 Å². The minimum Gasteiger partial charge on any atom is -0.508 e. The molecule has 0 aromatic carbocycles. The maximum Gasteiger partial charge on any atom is 0.132 e. The number of carbonyl (C=O) groups excluding carboxylic acids is 1. The van der Waals surface area contributed by atoms with Crippen molar-refractivity contribution in [3.63, 3.8) is 0 Å². The Bertz CT molecular complexity index is 205. The van der Waals surface area contributed by atoms with Crippen LogP contribution in [-0.4, -0.2) is 11.0 Å². The van der Waals surface area contributed by atoms with Crippen LogP contribution in [0.5, 0.6) is 0 Å². The van der Waals surface area contributed by atoms with Crippen LogP contribution in [0.25, 0.3) is 0 Å². The van der Waals surface area contributed by atoms with Crippen molar-refractivity contribution in [2.75, 3.05) is 0 Å². The second kappa shape index (κ2) is 1.68. The molecular formula is C6H4O2. The van der Waals surface area contributed by atoms with Gasteiger partial charge in [0.1, 0.15) is 11.7 Å². The first-order valence-corrected chi connectivity index (χ1v) is 2.17. The van der Waals surface area contributed by atoms with Crippen LogP contribution in [-0.2, 0) is 4.79 Å². The second-order valence-electron chi connectivity index (χ2n) is 1.46. The van der Waals surface area contributed by atoms with E-state index in [0.29, 0.717) is 5.57 Å². The average Bonchev–Trinajstić information content (AvgIpc) is 2.14. The minimum atomic E-state index is 0.114. The number of rotatable bonds is 0. The molecule has 0 aromatic rings. The number of aliphatic hydroxyl groups excluding tert-OH is 1. The van der Waals surface area contributed by atoms with Gasteiger partial charge >= 0.3 is 0 Å². The Hall–Kier alpha value is -1.27. The van der Waals surface area contributed by atoms with Crippen LogP contribution in [0.15, 0.2) is 29.6 Å². The van der Waals surface area contributed by atoms with E-state index in [2.05, 4.69) is 0 Å². The molecule has 1 N–H and O–H groups in total.